The Bertz CT molecular complexity index is 1410. The van der Waals surface area contributed by atoms with Gasteiger partial charge in [0.25, 0.3) is 0 Å². The normalized spacial score (nSPS) is 16.5. The van der Waals surface area contributed by atoms with Gasteiger partial charge in [-0.3, -0.25) is 9.78 Å². The number of benzene rings is 2. The number of nitrogens with zero attached hydrogens (tertiary/aromatic N) is 3. The quantitative estimate of drug-likeness (QED) is 0.263. The maximum atomic E-state index is 15.3. The number of ether oxygens (including phenoxy) is 1. The van der Waals surface area contributed by atoms with E-state index in [9.17, 15) is 18.4 Å². The number of hydrogen-bond acceptors (Lipinski definition) is 7. The number of carbonyl (C=O) groups excluding carboxylic acids is 2. The predicted molar refractivity (Wildman–Crippen MR) is 170 cm³/mol. The number of hydrogen-bond donors (Lipinski definition) is 2. The molecule has 2 atom stereocenters. The second kappa shape index (κ2) is 15.1. The number of anilines is 1. The van der Waals surface area contributed by atoms with E-state index in [-0.39, 0.29) is 24.2 Å². The van der Waals surface area contributed by atoms with Gasteiger partial charge in [-0.1, -0.05) is 36.2 Å². The molecule has 45 heavy (non-hydrogen) atoms. The van der Waals surface area contributed by atoms with E-state index in [1.165, 1.54) is 30.5 Å². The van der Waals surface area contributed by atoms with Gasteiger partial charge in [0.15, 0.2) is 0 Å². The molecule has 1 unspecified atom stereocenters. The third kappa shape index (κ3) is 8.99. The van der Waals surface area contributed by atoms with Gasteiger partial charge in [0.1, 0.15) is 23.1 Å². The Morgan fingerprint density at radius 3 is 2.13 bits per heavy atom. The number of likely N-dealkylation sites (N-methyl/N-ethyl adjacent to an activating group) is 1. The van der Waals surface area contributed by atoms with Crippen molar-refractivity contribution in [1.29, 1.82) is 0 Å². The van der Waals surface area contributed by atoms with Crippen LogP contribution in [0.2, 0.25) is 0 Å². The number of aromatic nitrogens is 1. The van der Waals surface area contributed by atoms with E-state index in [2.05, 4.69) is 19.9 Å². The highest BCUT2D eigenvalue weighted by Crippen LogP contribution is 2.31. The topological polar surface area (TPSA) is 86.8 Å². The Kier molecular flexibility index (Phi) is 11.5. The van der Waals surface area contributed by atoms with Crippen LogP contribution in [0.4, 0.5) is 23.7 Å². The summed E-state index contributed by atoms with van der Waals surface area (Å²) < 4.78 is 50.6. The molecule has 4 rings (SSSR count). The molecule has 0 spiro atoms. The first-order valence-electron chi connectivity index (χ1n) is 14.8. The smallest absolute Gasteiger partial charge is 0.410 e. The van der Waals surface area contributed by atoms with Gasteiger partial charge in [-0.2, -0.15) is 0 Å². The molecule has 0 saturated carbocycles. The maximum Gasteiger partial charge on any atom is 0.410 e. The maximum absolute atomic E-state index is 15.3. The van der Waals surface area contributed by atoms with Gasteiger partial charge >= 0.3 is 6.09 Å². The van der Waals surface area contributed by atoms with Crippen molar-refractivity contribution < 1.29 is 27.5 Å². The molecule has 0 bridgehead atoms. The van der Waals surface area contributed by atoms with Crippen molar-refractivity contribution in [2.24, 2.45) is 0 Å². The molecule has 12 heteroatoms. The van der Waals surface area contributed by atoms with Crippen molar-refractivity contribution in [2.75, 3.05) is 38.3 Å². The van der Waals surface area contributed by atoms with Gasteiger partial charge in [-0.25, -0.2) is 22.3 Å². The minimum atomic E-state index is -0.884. The lowest BCUT2D eigenvalue weighted by Gasteiger charge is -2.40. The molecule has 1 aliphatic heterocycles. The first-order valence-corrected chi connectivity index (χ1v) is 16.0. The van der Waals surface area contributed by atoms with Crippen LogP contribution in [0.5, 0.6) is 0 Å². The summed E-state index contributed by atoms with van der Waals surface area (Å²) in [5.41, 5.74) is 1.18. The Morgan fingerprint density at radius 1 is 1.00 bits per heavy atom. The van der Waals surface area contributed by atoms with Crippen molar-refractivity contribution in [3.63, 3.8) is 0 Å². The summed E-state index contributed by atoms with van der Waals surface area (Å²) in [5, 5.41) is 5.89. The number of pyridine rings is 1. The fourth-order valence-electron chi connectivity index (χ4n) is 5.52. The first-order chi connectivity index (χ1) is 21.4. The van der Waals surface area contributed by atoms with Gasteiger partial charge in [-0.15, -0.1) is 0 Å². The summed E-state index contributed by atoms with van der Waals surface area (Å²) in [6.45, 7) is 7.04. The molecule has 242 valence electrons. The Labute approximate surface area is 266 Å². The van der Waals surface area contributed by atoms with Crippen LogP contribution in [0, 0.1) is 17.5 Å². The first kappa shape index (κ1) is 34.3. The van der Waals surface area contributed by atoms with Gasteiger partial charge in [0.2, 0.25) is 5.91 Å². The van der Waals surface area contributed by atoms with Crippen LogP contribution in [0.25, 0.3) is 0 Å². The van der Waals surface area contributed by atoms with Crippen molar-refractivity contribution in [3.8, 4) is 0 Å². The average Bonchev–Trinajstić information content (AvgIpc) is 2.99. The van der Waals surface area contributed by atoms with E-state index in [1.807, 2.05) is 27.0 Å². The Hall–Kier alpha value is -3.61. The largest absolute Gasteiger partial charge is 0.444 e. The third-order valence-corrected chi connectivity index (χ3v) is 8.64. The highest BCUT2D eigenvalue weighted by molar-refractivity contribution is 7.96. The molecule has 0 aliphatic carbocycles. The minimum absolute atomic E-state index is 0.0798. The number of piperazine rings is 1. The summed E-state index contributed by atoms with van der Waals surface area (Å²) in [4.78, 5) is 32.2. The fraction of sp³-hybridized carbons (Fsp3) is 0.424. The fourth-order valence-corrected chi connectivity index (χ4v) is 6.25. The van der Waals surface area contributed by atoms with Crippen LogP contribution >= 0.6 is 11.9 Å². The number of amides is 2. The van der Waals surface area contributed by atoms with Gasteiger partial charge < -0.3 is 20.3 Å². The number of carbonyl (C=O) groups is 2. The van der Waals surface area contributed by atoms with Crippen LogP contribution in [0.1, 0.15) is 49.8 Å². The summed E-state index contributed by atoms with van der Waals surface area (Å²) in [7, 11) is 1.62. The van der Waals surface area contributed by atoms with Gasteiger partial charge in [0, 0.05) is 37.2 Å². The number of nitrogens with one attached hydrogen (secondary N) is 2. The Balaban J connectivity index is 1.55. The monoisotopic (exact) mass is 643 g/mol. The van der Waals surface area contributed by atoms with E-state index in [0.717, 1.165) is 6.20 Å². The van der Waals surface area contributed by atoms with E-state index in [0.29, 0.717) is 42.7 Å². The molecule has 1 aliphatic rings. The summed E-state index contributed by atoms with van der Waals surface area (Å²) >= 11 is 1.57. The average molecular weight is 644 g/mol. The third-order valence-electron chi connectivity index (χ3n) is 7.69. The number of rotatable bonds is 10. The summed E-state index contributed by atoms with van der Waals surface area (Å²) in [6, 6.07) is 10.6. The molecule has 2 aromatic carbocycles. The Morgan fingerprint density at radius 2 is 1.60 bits per heavy atom. The molecular formula is C33H40F3N5O3S. The van der Waals surface area contributed by atoms with Crippen molar-refractivity contribution in [2.45, 2.75) is 57.2 Å². The zero-order valence-corrected chi connectivity index (χ0v) is 27.0. The molecular weight excluding hydrogens is 603 g/mol. The van der Waals surface area contributed by atoms with Crippen molar-refractivity contribution >= 4 is 29.6 Å². The molecule has 8 nitrogen and oxygen atoms in total. The van der Waals surface area contributed by atoms with Crippen LogP contribution in [-0.4, -0.2) is 76.8 Å². The van der Waals surface area contributed by atoms with Crippen LogP contribution < -0.4 is 10.6 Å². The van der Waals surface area contributed by atoms with Crippen LogP contribution in [-0.2, 0) is 16.0 Å². The minimum Gasteiger partial charge on any atom is -0.444 e. The number of halogens is 3. The summed E-state index contributed by atoms with van der Waals surface area (Å²) in [6.07, 6.45) is 4.89. The SMILES string of the molecule is CN[C@H](C(=O)Nc1cncc(F)c1CCC1CN(C(=O)OC(C)(C)C)CCN1SC)C(c1ccc(F)cc1)c1ccc(F)cc1. The highest BCUT2D eigenvalue weighted by atomic mass is 32.2. The highest BCUT2D eigenvalue weighted by Gasteiger charge is 2.33. The molecule has 2 N–H and O–H groups in total. The van der Waals surface area contributed by atoms with E-state index in [1.54, 1.807) is 48.2 Å². The van der Waals surface area contributed by atoms with Gasteiger partial charge in [0.05, 0.1) is 24.1 Å². The lowest BCUT2D eigenvalue weighted by atomic mass is 9.84. The lowest BCUT2D eigenvalue weighted by Crippen LogP contribution is -2.53. The predicted octanol–water partition coefficient (Wildman–Crippen LogP) is 5.99. The molecule has 1 fully saturated rings. The second-order valence-corrected chi connectivity index (χ2v) is 12.8. The van der Waals surface area contributed by atoms with Gasteiger partial charge in [-0.05, 0) is 82.3 Å². The molecule has 2 heterocycles. The molecule has 3 aromatic rings. The zero-order valence-electron chi connectivity index (χ0n) is 26.1. The summed E-state index contributed by atoms with van der Waals surface area (Å²) in [5.74, 6) is -2.49. The van der Waals surface area contributed by atoms with Crippen molar-refractivity contribution in [1.82, 2.24) is 19.5 Å². The molecule has 0 radical (unpaired) electrons. The molecule has 2 amide bonds. The lowest BCUT2D eigenvalue weighted by molar-refractivity contribution is -0.118. The zero-order chi connectivity index (χ0) is 32.7. The van der Waals surface area contributed by atoms with E-state index < -0.39 is 40.9 Å². The van der Waals surface area contributed by atoms with E-state index >= 15 is 4.39 Å². The molecule has 1 saturated heterocycles. The van der Waals surface area contributed by atoms with Crippen LogP contribution in [0.3, 0.4) is 0 Å². The van der Waals surface area contributed by atoms with Crippen LogP contribution in [0.15, 0.2) is 60.9 Å². The second-order valence-electron chi connectivity index (χ2n) is 11.9. The van der Waals surface area contributed by atoms with E-state index in [4.69, 9.17) is 4.74 Å². The molecule has 1 aromatic heterocycles. The standard InChI is InChI=1S/C33H40F3N5O3S/c1-33(2,3)44-32(43)40-16-17-41(45-5)25(20-40)14-15-26-27(36)18-38-19-28(26)39-31(42)30(37-4)29(21-6-10-23(34)11-7-21)22-8-12-24(35)13-9-22/h6-13,18-19,25,29-30,37H,14-17,20H2,1-5H3,(H,39,42)/t25?,30-/m0/s1. The van der Waals surface area contributed by atoms with Crippen molar-refractivity contribution in [3.05, 3.63) is 95.1 Å².